The van der Waals surface area contributed by atoms with Crippen molar-refractivity contribution in [1.29, 1.82) is 0 Å². The Labute approximate surface area is 159 Å². The van der Waals surface area contributed by atoms with Crippen molar-refractivity contribution in [3.63, 3.8) is 0 Å². The van der Waals surface area contributed by atoms with Crippen LogP contribution in [0.5, 0.6) is 0 Å². The zero-order chi connectivity index (χ0) is 20.2. The van der Waals surface area contributed by atoms with Crippen molar-refractivity contribution < 1.29 is 22.4 Å². The Morgan fingerprint density at radius 1 is 1.15 bits per heavy atom. The molecule has 0 spiro atoms. The SMILES string of the molecule is CC(C)(C)NC(=O)CNC(=O)C1CCN(S(=O)(=O)c2ccc(F)cc2)CC1. The average molecular weight is 399 g/mol. The van der Waals surface area contributed by atoms with E-state index in [2.05, 4.69) is 10.6 Å². The predicted octanol–water partition coefficient (Wildman–Crippen LogP) is 1.26. The van der Waals surface area contributed by atoms with E-state index in [1.807, 2.05) is 20.8 Å². The Kier molecular flexibility index (Phi) is 6.59. The lowest BCUT2D eigenvalue weighted by molar-refractivity contribution is -0.129. The molecule has 9 heteroatoms. The summed E-state index contributed by atoms with van der Waals surface area (Å²) >= 11 is 0. The molecular weight excluding hydrogens is 373 g/mol. The lowest BCUT2D eigenvalue weighted by Crippen LogP contribution is -2.48. The summed E-state index contributed by atoms with van der Waals surface area (Å²) in [6.45, 7) is 5.85. The number of nitrogens with zero attached hydrogens (tertiary/aromatic N) is 1. The molecule has 0 aliphatic carbocycles. The topological polar surface area (TPSA) is 95.6 Å². The highest BCUT2D eigenvalue weighted by Gasteiger charge is 2.32. The van der Waals surface area contributed by atoms with Crippen LogP contribution in [-0.2, 0) is 19.6 Å². The van der Waals surface area contributed by atoms with Crippen LogP contribution in [0.25, 0.3) is 0 Å². The van der Waals surface area contributed by atoms with Crippen LogP contribution in [0.3, 0.4) is 0 Å². The van der Waals surface area contributed by atoms with Gasteiger partial charge in [0, 0.05) is 24.5 Å². The Hall–Kier alpha value is -2.00. The van der Waals surface area contributed by atoms with Crippen LogP contribution < -0.4 is 10.6 Å². The van der Waals surface area contributed by atoms with E-state index in [1.165, 1.54) is 16.4 Å². The molecular formula is C18H26FN3O4S. The maximum absolute atomic E-state index is 13.0. The van der Waals surface area contributed by atoms with Crippen molar-refractivity contribution in [3.05, 3.63) is 30.1 Å². The zero-order valence-corrected chi connectivity index (χ0v) is 16.6. The Bertz CT molecular complexity index is 780. The summed E-state index contributed by atoms with van der Waals surface area (Å²) in [6.07, 6.45) is 0.736. The maximum atomic E-state index is 13.0. The number of hydrogen-bond acceptors (Lipinski definition) is 4. The second kappa shape index (κ2) is 8.35. The summed E-state index contributed by atoms with van der Waals surface area (Å²) < 4.78 is 39.4. The van der Waals surface area contributed by atoms with Gasteiger partial charge in [0.2, 0.25) is 21.8 Å². The first-order valence-electron chi connectivity index (χ1n) is 8.83. The van der Waals surface area contributed by atoms with Crippen molar-refractivity contribution in [2.75, 3.05) is 19.6 Å². The van der Waals surface area contributed by atoms with Gasteiger partial charge in [0.05, 0.1) is 11.4 Å². The molecule has 0 aromatic heterocycles. The van der Waals surface area contributed by atoms with Gasteiger partial charge in [-0.15, -0.1) is 0 Å². The van der Waals surface area contributed by atoms with Gasteiger partial charge in [0.1, 0.15) is 5.82 Å². The summed E-state index contributed by atoms with van der Waals surface area (Å²) in [5.74, 6) is -1.36. The number of carbonyl (C=O) groups is 2. The Morgan fingerprint density at radius 2 is 1.70 bits per heavy atom. The van der Waals surface area contributed by atoms with E-state index in [0.29, 0.717) is 12.8 Å². The van der Waals surface area contributed by atoms with Gasteiger partial charge in [-0.3, -0.25) is 9.59 Å². The van der Waals surface area contributed by atoms with Gasteiger partial charge in [-0.25, -0.2) is 12.8 Å². The number of sulfonamides is 1. The summed E-state index contributed by atoms with van der Waals surface area (Å²) in [7, 11) is -3.70. The number of hydrogen-bond donors (Lipinski definition) is 2. The van der Waals surface area contributed by atoms with Crippen molar-refractivity contribution in [3.8, 4) is 0 Å². The summed E-state index contributed by atoms with van der Waals surface area (Å²) in [5.41, 5.74) is -0.373. The fourth-order valence-corrected chi connectivity index (χ4v) is 4.36. The third-order valence-electron chi connectivity index (χ3n) is 4.21. The van der Waals surface area contributed by atoms with Crippen LogP contribution >= 0.6 is 0 Å². The number of carbonyl (C=O) groups excluding carboxylic acids is 2. The predicted molar refractivity (Wildman–Crippen MR) is 98.8 cm³/mol. The normalized spacial score (nSPS) is 16.7. The van der Waals surface area contributed by atoms with E-state index in [0.717, 1.165) is 12.1 Å². The molecule has 1 fully saturated rings. The second-order valence-electron chi connectivity index (χ2n) is 7.65. The van der Waals surface area contributed by atoms with Gasteiger partial charge in [0.15, 0.2) is 0 Å². The molecule has 1 aromatic carbocycles. The minimum atomic E-state index is -3.70. The molecule has 2 amide bonds. The molecule has 27 heavy (non-hydrogen) atoms. The van der Waals surface area contributed by atoms with E-state index >= 15 is 0 Å². The molecule has 7 nitrogen and oxygen atoms in total. The van der Waals surface area contributed by atoms with E-state index < -0.39 is 15.8 Å². The van der Waals surface area contributed by atoms with Crippen LogP contribution in [0.1, 0.15) is 33.6 Å². The van der Waals surface area contributed by atoms with Gasteiger partial charge < -0.3 is 10.6 Å². The molecule has 0 unspecified atom stereocenters. The van der Waals surface area contributed by atoms with E-state index in [-0.39, 0.29) is 47.8 Å². The molecule has 2 N–H and O–H groups in total. The molecule has 1 aliphatic heterocycles. The van der Waals surface area contributed by atoms with Crippen LogP contribution in [-0.4, -0.2) is 49.7 Å². The van der Waals surface area contributed by atoms with Crippen LogP contribution in [0.15, 0.2) is 29.2 Å². The van der Waals surface area contributed by atoms with Gasteiger partial charge in [-0.05, 0) is 57.9 Å². The molecule has 0 radical (unpaired) electrons. The van der Waals surface area contributed by atoms with E-state index in [4.69, 9.17) is 0 Å². The van der Waals surface area contributed by atoms with Crippen LogP contribution in [0.2, 0.25) is 0 Å². The van der Waals surface area contributed by atoms with Crippen molar-refractivity contribution >= 4 is 21.8 Å². The third-order valence-corrected chi connectivity index (χ3v) is 6.13. The number of benzene rings is 1. The van der Waals surface area contributed by atoms with Crippen LogP contribution in [0, 0.1) is 11.7 Å². The molecule has 1 heterocycles. The number of amides is 2. The Balaban J connectivity index is 1.86. The monoisotopic (exact) mass is 399 g/mol. The Morgan fingerprint density at radius 3 is 2.22 bits per heavy atom. The number of piperidine rings is 1. The summed E-state index contributed by atoms with van der Waals surface area (Å²) in [6, 6.07) is 4.68. The number of halogens is 1. The molecule has 150 valence electrons. The first-order valence-corrected chi connectivity index (χ1v) is 10.3. The molecule has 0 saturated carbocycles. The fourth-order valence-electron chi connectivity index (χ4n) is 2.89. The van der Waals surface area contributed by atoms with Gasteiger partial charge >= 0.3 is 0 Å². The summed E-state index contributed by atoms with van der Waals surface area (Å²) in [5, 5.41) is 5.36. The highest BCUT2D eigenvalue weighted by Crippen LogP contribution is 2.24. The third kappa shape index (κ3) is 6.00. The van der Waals surface area contributed by atoms with Crippen molar-refractivity contribution in [2.24, 2.45) is 5.92 Å². The molecule has 0 atom stereocenters. The van der Waals surface area contributed by atoms with Crippen LogP contribution in [0.4, 0.5) is 4.39 Å². The standard InChI is InChI=1S/C18H26FN3O4S/c1-18(2,3)21-16(23)12-20-17(24)13-8-10-22(11-9-13)27(25,26)15-6-4-14(19)5-7-15/h4-7,13H,8-12H2,1-3H3,(H,20,24)(H,21,23). The van der Waals surface area contributed by atoms with E-state index in [9.17, 15) is 22.4 Å². The highest BCUT2D eigenvalue weighted by molar-refractivity contribution is 7.89. The highest BCUT2D eigenvalue weighted by atomic mass is 32.2. The molecule has 0 bridgehead atoms. The quantitative estimate of drug-likeness (QED) is 0.779. The molecule has 2 rings (SSSR count). The lowest BCUT2D eigenvalue weighted by Gasteiger charge is -2.30. The minimum Gasteiger partial charge on any atom is -0.350 e. The van der Waals surface area contributed by atoms with Gasteiger partial charge in [-0.1, -0.05) is 0 Å². The van der Waals surface area contributed by atoms with E-state index in [1.54, 1.807) is 0 Å². The first-order chi connectivity index (χ1) is 12.5. The largest absolute Gasteiger partial charge is 0.350 e. The van der Waals surface area contributed by atoms with Crippen molar-refractivity contribution in [1.82, 2.24) is 14.9 Å². The summed E-state index contributed by atoms with van der Waals surface area (Å²) in [4.78, 5) is 24.0. The molecule has 1 saturated heterocycles. The lowest BCUT2D eigenvalue weighted by atomic mass is 9.97. The maximum Gasteiger partial charge on any atom is 0.243 e. The fraction of sp³-hybridized carbons (Fsp3) is 0.556. The van der Waals surface area contributed by atoms with Crippen molar-refractivity contribution in [2.45, 2.75) is 44.0 Å². The average Bonchev–Trinajstić information content (AvgIpc) is 2.58. The smallest absolute Gasteiger partial charge is 0.243 e. The van der Waals surface area contributed by atoms with Gasteiger partial charge in [-0.2, -0.15) is 4.31 Å². The molecule has 1 aromatic rings. The molecule has 1 aliphatic rings. The first kappa shape index (κ1) is 21.3. The zero-order valence-electron chi connectivity index (χ0n) is 15.8. The van der Waals surface area contributed by atoms with Gasteiger partial charge in [0.25, 0.3) is 0 Å². The minimum absolute atomic E-state index is 0.0330. The number of rotatable bonds is 5. The second-order valence-corrected chi connectivity index (χ2v) is 9.59. The number of nitrogens with one attached hydrogen (secondary N) is 2.